The molecule has 0 aromatic carbocycles. The zero-order chi connectivity index (χ0) is 14.5. The molecule has 5 nitrogen and oxygen atoms in total. The lowest BCUT2D eigenvalue weighted by Gasteiger charge is -2.32. The second-order valence-electron chi connectivity index (χ2n) is 6.04. The van der Waals surface area contributed by atoms with Crippen molar-refractivity contribution < 1.29 is 10.7 Å². The summed E-state index contributed by atoms with van der Waals surface area (Å²) in [6.45, 7) is 8.07. The van der Waals surface area contributed by atoms with Crippen LogP contribution < -0.4 is 5.59 Å². The van der Waals surface area contributed by atoms with Gasteiger partial charge < -0.3 is 9.31 Å². The lowest BCUT2D eigenvalue weighted by molar-refractivity contribution is 0.00578. The molecule has 104 valence electrons. The van der Waals surface area contributed by atoms with Crippen LogP contribution in [0.25, 0.3) is 5.52 Å². The Balaban J connectivity index is 0.00000161. The van der Waals surface area contributed by atoms with E-state index in [0.29, 0.717) is 5.56 Å². The Kier molecular flexibility index (Phi) is 2.68. The van der Waals surface area contributed by atoms with E-state index >= 15 is 0 Å². The highest BCUT2D eigenvalue weighted by Crippen LogP contribution is 2.36. The molecular weight excluding hydrogens is 253 g/mol. The number of hydrogen-bond donors (Lipinski definition) is 0. The maximum absolute atomic E-state index is 8.90. The van der Waals surface area contributed by atoms with E-state index < -0.39 is 7.12 Å². The first-order valence-corrected chi connectivity index (χ1v) is 6.57. The van der Waals surface area contributed by atoms with Gasteiger partial charge in [0.1, 0.15) is 6.07 Å². The fourth-order valence-corrected chi connectivity index (χ4v) is 2.22. The SMILES string of the molecule is CC1(C)OB(c2ccc3cc(C#N)cnn23)OC1(C)C.[HH]. The zero-order valence-electron chi connectivity index (χ0n) is 12.0. The van der Waals surface area contributed by atoms with Crippen molar-refractivity contribution in [3.8, 4) is 6.07 Å². The van der Waals surface area contributed by atoms with Crippen molar-refractivity contribution in [2.75, 3.05) is 0 Å². The van der Waals surface area contributed by atoms with Crippen molar-refractivity contribution >= 4 is 18.2 Å². The highest BCUT2D eigenvalue weighted by atomic mass is 16.7. The summed E-state index contributed by atoms with van der Waals surface area (Å²) in [5.41, 5.74) is 1.47. The lowest BCUT2D eigenvalue weighted by atomic mass is 9.85. The van der Waals surface area contributed by atoms with Crippen molar-refractivity contribution in [3.63, 3.8) is 0 Å². The molecule has 0 spiro atoms. The minimum absolute atomic E-state index is 0. The second kappa shape index (κ2) is 4.08. The van der Waals surface area contributed by atoms with Crippen molar-refractivity contribution in [3.05, 3.63) is 30.0 Å². The summed E-state index contributed by atoms with van der Waals surface area (Å²) in [5.74, 6) is 0. The Morgan fingerprint density at radius 3 is 2.50 bits per heavy atom. The van der Waals surface area contributed by atoms with Crippen molar-refractivity contribution in [1.29, 1.82) is 5.26 Å². The van der Waals surface area contributed by atoms with Gasteiger partial charge in [0.25, 0.3) is 0 Å². The van der Waals surface area contributed by atoms with Crippen molar-refractivity contribution in [2.45, 2.75) is 38.9 Å². The molecule has 1 aliphatic rings. The first kappa shape index (κ1) is 13.2. The van der Waals surface area contributed by atoms with Crippen LogP contribution in [0.1, 0.15) is 34.7 Å². The van der Waals surface area contributed by atoms with Crippen LogP contribution >= 0.6 is 0 Å². The molecular formula is C14H18BN3O2. The fraction of sp³-hybridized carbons (Fsp3) is 0.429. The molecule has 1 fully saturated rings. The molecule has 3 rings (SSSR count). The minimum Gasteiger partial charge on any atom is -0.398 e. The highest BCUT2D eigenvalue weighted by Gasteiger charge is 2.52. The normalized spacial score (nSPS) is 20.2. The molecule has 0 unspecified atom stereocenters. The third kappa shape index (κ3) is 1.82. The van der Waals surface area contributed by atoms with E-state index in [-0.39, 0.29) is 12.6 Å². The Morgan fingerprint density at radius 2 is 1.90 bits per heavy atom. The van der Waals surface area contributed by atoms with E-state index in [2.05, 4.69) is 11.2 Å². The summed E-state index contributed by atoms with van der Waals surface area (Å²) < 4.78 is 13.8. The topological polar surface area (TPSA) is 59.5 Å². The summed E-state index contributed by atoms with van der Waals surface area (Å²) in [6.07, 6.45) is 1.54. The predicted octanol–water partition coefficient (Wildman–Crippen LogP) is 1.75. The highest BCUT2D eigenvalue weighted by molar-refractivity contribution is 6.61. The third-order valence-corrected chi connectivity index (χ3v) is 4.15. The van der Waals surface area contributed by atoms with Crippen LogP contribution in [0.15, 0.2) is 24.4 Å². The molecule has 2 aromatic heterocycles. The number of aromatic nitrogens is 2. The van der Waals surface area contributed by atoms with Crippen LogP contribution in [0, 0.1) is 11.3 Å². The number of rotatable bonds is 1. The number of fused-ring (bicyclic) bond motifs is 1. The largest absolute Gasteiger partial charge is 0.514 e. The Hall–Kier alpha value is -1.84. The van der Waals surface area contributed by atoms with Gasteiger partial charge in [-0.2, -0.15) is 10.4 Å². The molecule has 20 heavy (non-hydrogen) atoms. The molecule has 0 amide bonds. The zero-order valence-corrected chi connectivity index (χ0v) is 12.0. The Bertz CT molecular complexity index is 705. The molecule has 0 atom stereocenters. The van der Waals surface area contributed by atoms with Crippen LogP contribution in [-0.4, -0.2) is 27.9 Å². The maximum Gasteiger partial charge on any atom is 0.514 e. The van der Waals surface area contributed by atoms with E-state index in [0.717, 1.165) is 11.1 Å². The maximum atomic E-state index is 8.90. The Labute approximate surface area is 119 Å². The fourth-order valence-electron chi connectivity index (χ4n) is 2.22. The van der Waals surface area contributed by atoms with E-state index in [1.807, 2.05) is 39.8 Å². The van der Waals surface area contributed by atoms with Crippen molar-refractivity contribution in [1.82, 2.24) is 9.61 Å². The smallest absolute Gasteiger partial charge is 0.398 e. The van der Waals surface area contributed by atoms with Crippen LogP contribution in [-0.2, 0) is 9.31 Å². The molecule has 0 radical (unpaired) electrons. The summed E-state index contributed by atoms with van der Waals surface area (Å²) in [5, 5.41) is 13.2. The number of nitrogens with zero attached hydrogens (tertiary/aromatic N) is 3. The van der Waals surface area contributed by atoms with Gasteiger partial charge >= 0.3 is 7.12 Å². The standard InChI is InChI=1S/C14H16BN3O2.H2/c1-13(2)14(3,4)20-15(19-13)12-6-5-11-7-10(8-16)9-17-18(11)12;/h5-7,9H,1-4H3;1H. The number of hydrogen-bond acceptors (Lipinski definition) is 4. The van der Waals surface area contributed by atoms with Gasteiger partial charge in [0.2, 0.25) is 0 Å². The first-order valence-electron chi connectivity index (χ1n) is 6.57. The van der Waals surface area contributed by atoms with Crippen LogP contribution in [0.5, 0.6) is 0 Å². The van der Waals surface area contributed by atoms with Gasteiger partial charge in [-0.25, -0.2) is 4.52 Å². The van der Waals surface area contributed by atoms with Gasteiger partial charge in [-0.05, 0) is 45.9 Å². The van der Waals surface area contributed by atoms with E-state index in [1.165, 1.54) is 0 Å². The van der Waals surface area contributed by atoms with E-state index in [1.54, 1.807) is 16.8 Å². The third-order valence-electron chi connectivity index (χ3n) is 4.15. The van der Waals surface area contributed by atoms with Crippen LogP contribution in [0.2, 0.25) is 0 Å². The molecule has 2 aromatic rings. The lowest BCUT2D eigenvalue weighted by Crippen LogP contribution is -2.41. The number of nitriles is 1. The van der Waals surface area contributed by atoms with Gasteiger partial charge in [0.15, 0.2) is 0 Å². The minimum atomic E-state index is -0.456. The van der Waals surface area contributed by atoms with Crippen LogP contribution in [0.4, 0.5) is 0 Å². The average Bonchev–Trinajstić information content (AvgIpc) is 2.87. The molecule has 0 N–H and O–H groups in total. The van der Waals surface area contributed by atoms with E-state index in [9.17, 15) is 0 Å². The molecule has 1 aliphatic heterocycles. The molecule has 6 heteroatoms. The van der Waals surface area contributed by atoms with Gasteiger partial charge in [0, 0.05) is 1.43 Å². The van der Waals surface area contributed by atoms with Crippen LogP contribution in [0.3, 0.4) is 0 Å². The van der Waals surface area contributed by atoms with E-state index in [4.69, 9.17) is 14.6 Å². The molecule has 0 saturated carbocycles. The second-order valence-corrected chi connectivity index (χ2v) is 6.04. The first-order chi connectivity index (χ1) is 9.34. The van der Waals surface area contributed by atoms with Gasteiger partial charge in [-0.15, -0.1) is 0 Å². The summed E-state index contributed by atoms with van der Waals surface area (Å²) in [4.78, 5) is 0. The average molecular weight is 271 g/mol. The summed E-state index contributed by atoms with van der Waals surface area (Å²) in [7, 11) is -0.456. The summed E-state index contributed by atoms with van der Waals surface area (Å²) >= 11 is 0. The van der Waals surface area contributed by atoms with Crippen molar-refractivity contribution in [2.24, 2.45) is 0 Å². The monoisotopic (exact) mass is 271 g/mol. The van der Waals surface area contributed by atoms with Gasteiger partial charge in [-0.3, -0.25) is 0 Å². The quantitative estimate of drug-likeness (QED) is 0.741. The summed E-state index contributed by atoms with van der Waals surface area (Å²) in [6, 6.07) is 7.71. The van der Waals surface area contributed by atoms with Gasteiger partial charge in [-0.1, -0.05) is 0 Å². The van der Waals surface area contributed by atoms with Gasteiger partial charge in [0.05, 0.1) is 34.1 Å². The molecule has 0 aliphatic carbocycles. The molecule has 0 bridgehead atoms. The molecule has 3 heterocycles. The Morgan fingerprint density at radius 1 is 1.25 bits per heavy atom. The molecule has 1 saturated heterocycles. The predicted molar refractivity (Wildman–Crippen MR) is 77.7 cm³/mol.